The number of nitrogens with one attached hydrogen (secondary N) is 2. The Morgan fingerprint density at radius 2 is 1.83 bits per heavy atom. The third kappa shape index (κ3) is 3.35. The fourth-order valence-corrected chi connectivity index (χ4v) is 2.32. The van der Waals surface area contributed by atoms with Crippen molar-refractivity contribution in [2.45, 2.75) is 0 Å². The van der Waals surface area contributed by atoms with Gasteiger partial charge in [-0.15, -0.1) is 0 Å². The van der Waals surface area contributed by atoms with Crippen molar-refractivity contribution in [3.8, 4) is 0 Å². The lowest BCUT2D eigenvalue weighted by atomic mass is 10.1. The molecular formula is C16H11BrN4O2. The van der Waals surface area contributed by atoms with E-state index in [1.165, 1.54) is 6.21 Å². The molecule has 0 aliphatic heterocycles. The fourth-order valence-electron chi connectivity index (χ4n) is 2.06. The summed E-state index contributed by atoms with van der Waals surface area (Å²) in [6.45, 7) is 0. The normalized spacial score (nSPS) is 11.0. The van der Waals surface area contributed by atoms with E-state index in [9.17, 15) is 9.59 Å². The zero-order chi connectivity index (χ0) is 16.2. The summed E-state index contributed by atoms with van der Waals surface area (Å²) in [6.07, 6.45) is 1.53. The molecular weight excluding hydrogens is 360 g/mol. The number of carbonyl (C=O) groups is 1. The van der Waals surface area contributed by atoms with Crippen LogP contribution in [0, 0.1) is 0 Å². The van der Waals surface area contributed by atoms with Gasteiger partial charge in [0.15, 0.2) is 5.69 Å². The highest BCUT2D eigenvalue weighted by Gasteiger charge is 2.12. The van der Waals surface area contributed by atoms with E-state index < -0.39 is 5.91 Å². The first-order valence-corrected chi connectivity index (χ1v) is 7.51. The molecule has 0 aliphatic carbocycles. The summed E-state index contributed by atoms with van der Waals surface area (Å²) in [5, 5.41) is 10.9. The van der Waals surface area contributed by atoms with Gasteiger partial charge in [-0.1, -0.05) is 46.3 Å². The van der Waals surface area contributed by atoms with E-state index in [1.54, 1.807) is 24.3 Å². The molecule has 6 nitrogen and oxygen atoms in total. The molecule has 3 rings (SSSR count). The van der Waals surface area contributed by atoms with Crippen molar-refractivity contribution in [1.29, 1.82) is 0 Å². The quantitative estimate of drug-likeness (QED) is 0.548. The molecule has 2 N–H and O–H groups in total. The lowest BCUT2D eigenvalue weighted by Gasteiger charge is -2.03. The molecule has 0 bridgehead atoms. The number of hydrazone groups is 1. The van der Waals surface area contributed by atoms with Gasteiger partial charge in [-0.2, -0.15) is 10.2 Å². The second-order valence-corrected chi connectivity index (χ2v) is 5.61. The van der Waals surface area contributed by atoms with Gasteiger partial charge in [0.25, 0.3) is 11.5 Å². The lowest BCUT2D eigenvalue weighted by Crippen LogP contribution is -2.22. The number of halogens is 1. The number of hydrogen-bond acceptors (Lipinski definition) is 4. The van der Waals surface area contributed by atoms with E-state index in [0.29, 0.717) is 10.8 Å². The molecule has 0 saturated heterocycles. The van der Waals surface area contributed by atoms with Crippen molar-refractivity contribution in [2.24, 2.45) is 5.10 Å². The minimum Gasteiger partial charge on any atom is -0.267 e. The van der Waals surface area contributed by atoms with Crippen LogP contribution in [0.2, 0.25) is 0 Å². The van der Waals surface area contributed by atoms with Crippen molar-refractivity contribution in [3.63, 3.8) is 0 Å². The number of fused-ring (bicyclic) bond motifs is 1. The molecule has 0 spiro atoms. The Balaban J connectivity index is 1.83. The minimum absolute atomic E-state index is 0.119. The highest BCUT2D eigenvalue weighted by molar-refractivity contribution is 9.10. The fraction of sp³-hybridized carbons (Fsp3) is 0. The summed E-state index contributed by atoms with van der Waals surface area (Å²) in [4.78, 5) is 23.9. The summed E-state index contributed by atoms with van der Waals surface area (Å²) in [7, 11) is 0. The maximum atomic E-state index is 12.2. The third-order valence-corrected chi connectivity index (χ3v) is 3.69. The number of aromatic amines is 1. The maximum Gasteiger partial charge on any atom is 0.292 e. The number of rotatable bonds is 3. The van der Waals surface area contributed by atoms with E-state index in [2.05, 4.69) is 36.7 Å². The van der Waals surface area contributed by atoms with Crippen molar-refractivity contribution in [2.75, 3.05) is 0 Å². The molecule has 1 aromatic heterocycles. The number of carbonyl (C=O) groups excluding carboxylic acids is 1. The van der Waals surface area contributed by atoms with E-state index in [0.717, 1.165) is 10.0 Å². The molecule has 7 heteroatoms. The second-order valence-electron chi connectivity index (χ2n) is 4.70. The molecule has 0 saturated carbocycles. The molecule has 1 amide bonds. The molecule has 0 aliphatic rings. The standard InChI is InChI=1S/C16H11BrN4O2/c17-11-7-5-10(6-8-11)9-18-20-16(23)14-12-3-1-2-4-13(12)15(22)21-19-14/h1-9H,(H,20,23)(H,21,22)/b18-9+. The Morgan fingerprint density at radius 3 is 2.57 bits per heavy atom. The average Bonchev–Trinajstić information content (AvgIpc) is 2.57. The van der Waals surface area contributed by atoms with Crippen LogP contribution in [0.1, 0.15) is 16.1 Å². The molecule has 0 fully saturated rings. The monoisotopic (exact) mass is 370 g/mol. The molecule has 1 heterocycles. The van der Waals surface area contributed by atoms with Gasteiger partial charge in [0.1, 0.15) is 0 Å². The van der Waals surface area contributed by atoms with Crippen molar-refractivity contribution < 1.29 is 4.79 Å². The predicted octanol–water partition coefficient (Wildman–Crippen LogP) is 2.45. The van der Waals surface area contributed by atoms with Crippen LogP contribution in [0.15, 0.2) is 62.9 Å². The van der Waals surface area contributed by atoms with Gasteiger partial charge >= 0.3 is 0 Å². The number of aromatic nitrogens is 2. The zero-order valence-electron chi connectivity index (χ0n) is 11.8. The average molecular weight is 371 g/mol. The van der Waals surface area contributed by atoms with E-state index in [4.69, 9.17) is 0 Å². The first-order valence-electron chi connectivity index (χ1n) is 6.71. The van der Waals surface area contributed by atoms with Crippen LogP contribution < -0.4 is 11.0 Å². The SMILES string of the molecule is O=C(N/N=C/c1ccc(Br)cc1)c1n[nH]c(=O)c2ccccc12. The molecule has 0 unspecified atom stereocenters. The lowest BCUT2D eigenvalue weighted by molar-refractivity contribution is 0.0951. The predicted molar refractivity (Wildman–Crippen MR) is 91.6 cm³/mol. The Kier molecular flexibility index (Phi) is 4.29. The van der Waals surface area contributed by atoms with Crippen LogP contribution in [-0.2, 0) is 0 Å². The van der Waals surface area contributed by atoms with Crippen LogP contribution in [-0.4, -0.2) is 22.3 Å². The first-order chi connectivity index (χ1) is 11.1. The first kappa shape index (κ1) is 15.1. The largest absolute Gasteiger partial charge is 0.292 e. The minimum atomic E-state index is -0.495. The smallest absolute Gasteiger partial charge is 0.267 e. The number of nitrogens with zero attached hydrogens (tertiary/aromatic N) is 2. The summed E-state index contributed by atoms with van der Waals surface area (Å²) in [5.41, 5.74) is 3.03. The topological polar surface area (TPSA) is 87.2 Å². The Hall–Kier alpha value is -2.80. The maximum absolute atomic E-state index is 12.2. The number of amides is 1. The number of hydrogen-bond donors (Lipinski definition) is 2. The van der Waals surface area contributed by atoms with Crippen LogP contribution in [0.25, 0.3) is 10.8 Å². The van der Waals surface area contributed by atoms with E-state index >= 15 is 0 Å². The van der Waals surface area contributed by atoms with Gasteiger partial charge in [-0.3, -0.25) is 9.59 Å². The molecule has 0 radical (unpaired) electrons. The van der Waals surface area contributed by atoms with E-state index in [1.807, 2.05) is 24.3 Å². The summed E-state index contributed by atoms with van der Waals surface area (Å²) in [5.74, 6) is -0.495. The Labute approximate surface area is 139 Å². The van der Waals surface area contributed by atoms with Gasteiger partial charge in [0, 0.05) is 9.86 Å². The van der Waals surface area contributed by atoms with Crippen LogP contribution in [0.3, 0.4) is 0 Å². The summed E-state index contributed by atoms with van der Waals surface area (Å²) >= 11 is 3.34. The number of H-pyrrole nitrogens is 1. The van der Waals surface area contributed by atoms with Crippen LogP contribution in [0.4, 0.5) is 0 Å². The molecule has 3 aromatic rings. The van der Waals surface area contributed by atoms with Crippen molar-refractivity contribution in [3.05, 3.63) is 74.6 Å². The van der Waals surface area contributed by atoms with Crippen molar-refractivity contribution in [1.82, 2.24) is 15.6 Å². The second kappa shape index (κ2) is 6.53. The van der Waals surface area contributed by atoms with Gasteiger partial charge in [0.2, 0.25) is 0 Å². The molecule has 23 heavy (non-hydrogen) atoms. The van der Waals surface area contributed by atoms with Crippen LogP contribution in [0.5, 0.6) is 0 Å². The van der Waals surface area contributed by atoms with E-state index in [-0.39, 0.29) is 11.3 Å². The summed E-state index contributed by atoms with van der Waals surface area (Å²) in [6, 6.07) is 14.2. The van der Waals surface area contributed by atoms with Gasteiger partial charge < -0.3 is 0 Å². The Morgan fingerprint density at radius 1 is 1.13 bits per heavy atom. The van der Waals surface area contributed by atoms with Gasteiger partial charge in [-0.25, -0.2) is 10.5 Å². The molecule has 0 atom stereocenters. The van der Waals surface area contributed by atoms with Crippen LogP contribution >= 0.6 is 15.9 Å². The molecule has 114 valence electrons. The number of benzene rings is 2. The highest BCUT2D eigenvalue weighted by atomic mass is 79.9. The molecule has 2 aromatic carbocycles. The third-order valence-electron chi connectivity index (χ3n) is 3.16. The van der Waals surface area contributed by atoms with Gasteiger partial charge in [0.05, 0.1) is 11.6 Å². The van der Waals surface area contributed by atoms with Gasteiger partial charge in [-0.05, 0) is 23.8 Å². The highest BCUT2D eigenvalue weighted by Crippen LogP contribution is 2.12. The zero-order valence-corrected chi connectivity index (χ0v) is 13.4. The Bertz CT molecular complexity index is 948. The van der Waals surface area contributed by atoms with Crippen molar-refractivity contribution >= 4 is 38.8 Å². The summed E-state index contributed by atoms with van der Waals surface area (Å²) < 4.78 is 0.961.